The van der Waals surface area contributed by atoms with Crippen molar-refractivity contribution in [2.24, 2.45) is 5.73 Å². The van der Waals surface area contributed by atoms with Gasteiger partial charge in [-0.2, -0.15) is 0 Å². The van der Waals surface area contributed by atoms with E-state index in [9.17, 15) is 9.18 Å². The summed E-state index contributed by atoms with van der Waals surface area (Å²) >= 11 is 5.46. The van der Waals surface area contributed by atoms with Gasteiger partial charge < -0.3 is 5.73 Å². The zero-order chi connectivity index (χ0) is 9.84. The van der Waals surface area contributed by atoms with E-state index < -0.39 is 11.7 Å². The first kappa shape index (κ1) is 9.99. The van der Waals surface area contributed by atoms with Gasteiger partial charge in [0, 0.05) is 12.8 Å². The number of carbonyl (C=O) groups is 1. The monoisotopic (exact) mass is 200 g/mol. The lowest BCUT2D eigenvalue weighted by Gasteiger charge is -1.99. The van der Waals surface area contributed by atoms with E-state index in [-0.39, 0.29) is 11.4 Å². The SMILES string of the molecule is NC(=O)C[CH]c1ccc(Cl)c(F)c1. The largest absolute Gasteiger partial charge is 0.370 e. The Balaban J connectivity index is 2.68. The Morgan fingerprint density at radius 2 is 2.31 bits per heavy atom. The quantitative estimate of drug-likeness (QED) is 0.796. The second-order valence-electron chi connectivity index (χ2n) is 2.55. The molecule has 0 unspecified atom stereocenters. The molecule has 4 heteroatoms. The lowest BCUT2D eigenvalue weighted by Crippen LogP contribution is -2.10. The number of hydrogen-bond acceptors (Lipinski definition) is 1. The van der Waals surface area contributed by atoms with Crippen LogP contribution in [0.3, 0.4) is 0 Å². The van der Waals surface area contributed by atoms with Gasteiger partial charge in [0.25, 0.3) is 0 Å². The summed E-state index contributed by atoms with van der Waals surface area (Å²) in [7, 11) is 0. The Morgan fingerprint density at radius 3 is 2.85 bits per heavy atom. The van der Waals surface area contributed by atoms with E-state index in [1.54, 1.807) is 12.5 Å². The number of hydrogen-bond donors (Lipinski definition) is 1. The molecule has 0 aliphatic rings. The molecule has 0 saturated heterocycles. The van der Waals surface area contributed by atoms with Crippen LogP contribution in [0.2, 0.25) is 5.02 Å². The smallest absolute Gasteiger partial charge is 0.218 e. The highest BCUT2D eigenvalue weighted by Gasteiger charge is 2.02. The first-order chi connectivity index (χ1) is 6.09. The fraction of sp³-hybridized carbons (Fsp3) is 0.111. The Bertz CT molecular complexity index is 327. The van der Waals surface area contributed by atoms with Gasteiger partial charge in [-0.25, -0.2) is 4.39 Å². The van der Waals surface area contributed by atoms with Gasteiger partial charge in [-0.05, 0) is 17.7 Å². The Hall–Kier alpha value is -1.09. The minimum Gasteiger partial charge on any atom is -0.370 e. The summed E-state index contributed by atoms with van der Waals surface area (Å²) in [4.78, 5) is 10.4. The van der Waals surface area contributed by atoms with Crippen LogP contribution in [-0.2, 0) is 4.79 Å². The van der Waals surface area contributed by atoms with Crippen LogP contribution in [0.4, 0.5) is 4.39 Å². The second kappa shape index (κ2) is 4.23. The average Bonchev–Trinajstić information content (AvgIpc) is 2.07. The topological polar surface area (TPSA) is 43.1 Å². The zero-order valence-corrected chi connectivity index (χ0v) is 7.51. The van der Waals surface area contributed by atoms with Crippen LogP contribution in [-0.4, -0.2) is 5.91 Å². The number of primary amides is 1. The van der Waals surface area contributed by atoms with Crippen LogP contribution in [0.5, 0.6) is 0 Å². The summed E-state index contributed by atoms with van der Waals surface area (Å²) in [6.45, 7) is 0. The molecule has 0 aromatic heterocycles. The van der Waals surface area contributed by atoms with Crippen molar-refractivity contribution >= 4 is 17.5 Å². The molecule has 0 aliphatic heterocycles. The zero-order valence-electron chi connectivity index (χ0n) is 6.76. The second-order valence-corrected chi connectivity index (χ2v) is 2.96. The molecule has 69 valence electrons. The third-order valence-electron chi connectivity index (χ3n) is 1.48. The van der Waals surface area contributed by atoms with Crippen molar-refractivity contribution in [1.29, 1.82) is 0 Å². The molecule has 2 N–H and O–H groups in total. The van der Waals surface area contributed by atoms with E-state index in [0.717, 1.165) is 0 Å². The number of halogens is 2. The summed E-state index contributed by atoms with van der Waals surface area (Å²) in [6, 6.07) is 4.31. The predicted octanol–water partition coefficient (Wildman–Crippen LogP) is 1.91. The Kier molecular flexibility index (Phi) is 3.25. The molecule has 1 aromatic rings. The van der Waals surface area contributed by atoms with E-state index in [0.29, 0.717) is 5.56 Å². The van der Waals surface area contributed by atoms with Crippen molar-refractivity contribution in [3.8, 4) is 0 Å². The highest BCUT2D eigenvalue weighted by atomic mass is 35.5. The average molecular weight is 201 g/mol. The molecule has 1 radical (unpaired) electrons. The van der Waals surface area contributed by atoms with Crippen LogP contribution in [0.25, 0.3) is 0 Å². The highest BCUT2D eigenvalue weighted by Crippen LogP contribution is 2.16. The maximum absolute atomic E-state index is 12.8. The maximum atomic E-state index is 12.8. The van der Waals surface area contributed by atoms with Crippen molar-refractivity contribution < 1.29 is 9.18 Å². The van der Waals surface area contributed by atoms with Gasteiger partial charge in [-0.15, -0.1) is 0 Å². The molecule has 1 aromatic carbocycles. The first-order valence-electron chi connectivity index (χ1n) is 3.66. The van der Waals surface area contributed by atoms with E-state index in [1.165, 1.54) is 12.1 Å². The van der Waals surface area contributed by atoms with Gasteiger partial charge in [-0.1, -0.05) is 17.7 Å². The minimum atomic E-state index is -0.500. The molecule has 0 heterocycles. The molecule has 0 spiro atoms. The van der Waals surface area contributed by atoms with Crippen LogP contribution < -0.4 is 5.73 Å². The molecule has 1 rings (SSSR count). The lowest BCUT2D eigenvalue weighted by atomic mass is 10.1. The highest BCUT2D eigenvalue weighted by molar-refractivity contribution is 6.30. The molecule has 0 saturated carbocycles. The van der Waals surface area contributed by atoms with Gasteiger partial charge in [0.15, 0.2) is 0 Å². The van der Waals surface area contributed by atoms with E-state index in [4.69, 9.17) is 17.3 Å². The molecule has 0 fully saturated rings. The molecule has 1 amide bonds. The molecule has 2 nitrogen and oxygen atoms in total. The minimum absolute atomic E-state index is 0.0659. The number of benzene rings is 1. The van der Waals surface area contributed by atoms with Gasteiger partial charge >= 0.3 is 0 Å². The standard InChI is InChI=1S/C9H8ClFNO/c10-7-3-1-6(5-8(7)11)2-4-9(12)13/h1-3,5H,4H2,(H2,12,13). The van der Waals surface area contributed by atoms with Gasteiger partial charge in [0.1, 0.15) is 5.82 Å². The van der Waals surface area contributed by atoms with Gasteiger partial charge in [0.05, 0.1) is 5.02 Å². The maximum Gasteiger partial charge on any atom is 0.218 e. The van der Waals surface area contributed by atoms with Crippen molar-refractivity contribution in [3.05, 3.63) is 41.0 Å². The molecule has 0 aliphatic carbocycles. The van der Waals surface area contributed by atoms with E-state index in [1.807, 2.05) is 0 Å². The molecule has 0 atom stereocenters. The normalized spacial score (nSPS) is 10.0. The molecular formula is C9H8ClFNO. The van der Waals surface area contributed by atoms with Crippen LogP contribution in [0.15, 0.2) is 18.2 Å². The molecular weight excluding hydrogens is 193 g/mol. The fourth-order valence-corrected chi connectivity index (χ4v) is 0.975. The lowest BCUT2D eigenvalue weighted by molar-refractivity contribution is -0.117. The Morgan fingerprint density at radius 1 is 1.62 bits per heavy atom. The summed E-state index contributed by atoms with van der Waals surface area (Å²) in [5, 5.41) is 0.0659. The predicted molar refractivity (Wildman–Crippen MR) is 48.6 cm³/mol. The fourth-order valence-electron chi connectivity index (χ4n) is 0.858. The number of nitrogens with two attached hydrogens (primary N) is 1. The Labute approximate surface area is 80.5 Å². The number of carbonyl (C=O) groups excluding carboxylic acids is 1. The summed E-state index contributed by atoms with van der Waals surface area (Å²) < 4.78 is 12.8. The third-order valence-corrected chi connectivity index (χ3v) is 1.79. The van der Waals surface area contributed by atoms with Crippen LogP contribution in [0, 0.1) is 12.2 Å². The van der Waals surface area contributed by atoms with Gasteiger partial charge in [-0.3, -0.25) is 4.79 Å². The van der Waals surface area contributed by atoms with Crippen molar-refractivity contribution in [3.63, 3.8) is 0 Å². The molecule has 0 bridgehead atoms. The number of rotatable bonds is 3. The van der Waals surface area contributed by atoms with Crippen molar-refractivity contribution in [1.82, 2.24) is 0 Å². The van der Waals surface area contributed by atoms with Gasteiger partial charge in [0.2, 0.25) is 5.91 Å². The molecule has 13 heavy (non-hydrogen) atoms. The van der Waals surface area contributed by atoms with Crippen LogP contribution >= 0.6 is 11.6 Å². The third kappa shape index (κ3) is 3.03. The van der Waals surface area contributed by atoms with E-state index >= 15 is 0 Å². The first-order valence-corrected chi connectivity index (χ1v) is 4.04. The van der Waals surface area contributed by atoms with Crippen LogP contribution in [0.1, 0.15) is 12.0 Å². The summed E-state index contributed by atoms with van der Waals surface area (Å²) in [6.07, 6.45) is 1.64. The number of amides is 1. The van der Waals surface area contributed by atoms with Crippen molar-refractivity contribution in [2.75, 3.05) is 0 Å². The van der Waals surface area contributed by atoms with E-state index in [2.05, 4.69) is 0 Å². The summed E-state index contributed by atoms with van der Waals surface area (Å²) in [5.74, 6) is -0.949. The summed E-state index contributed by atoms with van der Waals surface area (Å²) in [5.41, 5.74) is 5.52. The van der Waals surface area contributed by atoms with Crippen molar-refractivity contribution in [2.45, 2.75) is 6.42 Å².